The number of rotatable bonds is 4. The second-order valence-corrected chi connectivity index (χ2v) is 3.96. The lowest BCUT2D eigenvalue weighted by atomic mass is 9.69. The Morgan fingerprint density at radius 2 is 2.23 bits per heavy atom. The van der Waals surface area contributed by atoms with E-state index in [9.17, 15) is 4.79 Å². The van der Waals surface area contributed by atoms with Crippen LogP contribution in [-0.2, 0) is 9.53 Å². The standard InChI is InChI=1S/C10H19NO2/c1-3-8(2)13-9(12)10(7-11)5-4-6-10/h8H,3-7,11H2,1-2H3. The molecule has 0 aromatic heterocycles. The van der Waals surface area contributed by atoms with Crippen LogP contribution in [0.4, 0.5) is 0 Å². The van der Waals surface area contributed by atoms with Crippen molar-refractivity contribution in [2.24, 2.45) is 11.1 Å². The Hall–Kier alpha value is -0.570. The molecule has 0 heterocycles. The molecule has 0 spiro atoms. The van der Waals surface area contributed by atoms with Gasteiger partial charge in [0.1, 0.15) is 0 Å². The molecule has 76 valence electrons. The van der Waals surface area contributed by atoms with Gasteiger partial charge in [0.15, 0.2) is 0 Å². The molecule has 1 fully saturated rings. The third kappa shape index (κ3) is 2.02. The zero-order valence-electron chi connectivity index (χ0n) is 8.51. The van der Waals surface area contributed by atoms with Crippen LogP contribution >= 0.6 is 0 Å². The maximum absolute atomic E-state index is 11.6. The molecule has 0 amide bonds. The van der Waals surface area contributed by atoms with E-state index < -0.39 is 0 Å². The van der Waals surface area contributed by atoms with Crippen molar-refractivity contribution < 1.29 is 9.53 Å². The van der Waals surface area contributed by atoms with Gasteiger partial charge in [0, 0.05) is 6.54 Å². The Bertz CT molecular complexity index is 182. The molecule has 1 aliphatic carbocycles. The Morgan fingerprint density at radius 3 is 2.54 bits per heavy atom. The van der Waals surface area contributed by atoms with Gasteiger partial charge in [-0.1, -0.05) is 13.3 Å². The SMILES string of the molecule is CCC(C)OC(=O)C1(CN)CCC1. The fourth-order valence-corrected chi connectivity index (χ4v) is 1.49. The summed E-state index contributed by atoms with van der Waals surface area (Å²) in [6.07, 6.45) is 3.80. The fraction of sp³-hybridized carbons (Fsp3) is 0.900. The molecule has 3 nitrogen and oxygen atoms in total. The van der Waals surface area contributed by atoms with Gasteiger partial charge in [-0.05, 0) is 26.2 Å². The summed E-state index contributed by atoms with van der Waals surface area (Å²) in [5, 5.41) is 0. The molecule has 0 radical (unpaired) electrons. The van der Waals surface area contributed by atoms with Crippen LogP contribution in [0.1, 0.15) is 39.5 Å². The van der Waals surface area contributed by atoms with E-state index in [4.69, 9.17) is 10.5 Å². The van der Waals surface area contributed by atoms with Crippen molar-refractivity contribution in [3.05, 3.63) is 0 Å². The molecule has 1 unspecified atom stereocenters. The Balaban J connectivity index is 2.46. The number of hydrogen-bond acceptors (Lipinski definition) is 3. The monoisotopic (exact) mass is 185 g/mol. The quantitative estimate of drug-likeness (QED) is 0.674. The van der Waals surface area contributed by atoms with Gasteiger partial charge in [-0.2, -0.15) is 0 Å². The summed E-state index contributed by atoms with van der Waals surface area (Å²) in [5.74, 6) is -0.0874. The lowest BCUT2D eigenvalue weighted by Gasteiger charge is -2.38. The third-order valence-corrected chi connectivity index (χ3v) is 3.02. The van der Waals surface area contributed by atoms with Gasteiger partial charge in [-0.25, -0.2) is 0 Å². The molecule has 3 heteroatoms. The maximum atomic E-state index is 11.6. The highest BCUT2D eigenvalue weighted by Crippen LogP contribution is 2.41. The van der Waals surface area contributed by atoms with Crippen molar-refractivity contribution in [2.45, 2.75) is 45.6 Å². The number of carbonyl (C=O) groups is 1. The van der Waals surface area contributed by atoms with Crippen molar-refractivity contribution in [2.75, 3.05) is 6.54 Å². The molecule has 0 bridgehead atoms. The van der Waals surface area contributed by atoms with Crippen LogP contribution in [0.5, 0.6) is 0 Å². The van der Waals surface area contributed by atoms with Crippen molar-refractivity contribution in [3.63, 3.8) is 0 Å². The van der Waals surface area contributed by atoms with Crippen LogP contribution in [0.2, 0.25) is 0 Å². The summed E-state index contributed by atoms with van der Waals surface area (Å²) in [6.45, 7) is 4.36. The van der Waals surface area contributed by atoms with E-state index >= 15 is 0 Å². The van der Waals surface area contributed by atoms with E-state index in [2.05, 4.69) is 0 Å². The number of ether oxygens (including phenoxy) is 1. The highest BCUT2D eigenvalue weighted by molar-refractivity contribution is 5.78. The summed E-state index contributed by atoms with van der Waals surface area (Å²) in [5.41, 5.74) is 5.26. The molecule has 0 aromatic carbocycles. The number of nitrogens with two attached hydrogens (primary N) is 1. The Labute approximate surface area is 79.6 Å². The van der Waals surface area contributed by atoms with Crippen LogP contribution < -0.4 is 5.73 Å². The molecule has 0 aromatic rings. The van der Waals surface area contributed by atoms with Gasteiger partial charge in [-0.3, -0.25) is 4.79 Å². The van der Waals surface area contributed by atoms with E-state index in [1.54, 1.807) is 0 Å². The largest absolute Gasteiger partial charge is 0.462 e. The first-order valence-electron chi connectivity index (χ1n) is 5.06. The molecule has 0 aliphatic heterocycles. The molecule has 1 atom stereocenters. The molecule has 2 N–H and O–H groups in total. The smallest absolute Gasteiger partial charge is 0.313 e. The average molecular weight is 185 g/mol. The van der Waals surface area contributed by atoms with E-state index in [1.165, 1.54) is 0 Å². The first kappa shape index (κ1) is 10.5. The molecule has 1 saturated carbocycles. The second kappa shape index (κ2) is 4.09. The third-order valence-electron chi connectivity index (χ3n) is 3.02. The molecule has 13 heavy (non-hydrogen) atoms. The zero-order chi connectivity index (χ0) is 9.90. The predicted molar refractivity (Wildman–Crippen MR) is 51.2 cm³/mol. The van der Waals surface area contributed by atoms with Gasteiger partial charge >= 0.3 is 5.97 Å². The minimum atomic E-state index is -0.330. The fourth-order valence-electron chi connectivity index (χ4n) is 1.49. The molecular weight excluding hydrogens is 166 g/mol. The van der Waals surface area contributed by atoms with Gasteiger partial charge in [-0.15, -0.1) is 0 Å². The average Bonchev–Trinajstić information content (AvgIpc) is 2.03. The van der Waals surface area contributed by atoms with Crippen molar-refractivity contribution in [1.29, 1.82) is 0 Å². The normalized spacial score (nSPS) is 21.8. The first-order valence-corrected chi connectivity index (χ1v) is 5.06. The topological polar surface area (TPSA) is 52.3 Å². The van der Waals surface area contributed by atoms with Gasteiger partial charge in [0.2, 0.25) is 0 Å². The number of esters is 1. The molecule has 1 aliphatic rings. The Kier molecular flexibility index (Phi) is 3.31. The van der Waals surface area contributed by atoms with E-state index in [1.807, 2.05) is 13.8 Å². The number of carbonyl (C=O) groups excluding carboxylic acids is 1. The minimum absolute atomic E-state index is 0.0246. The second-order valence-electron chi connectivity index (χ2n) is 3.96. The van der Waals surface area contributed by atoms with E-state index in [0.29, 0.717) is 6.54 Å². The van der Waals surface area contributed by atoms with Crippen molar-refractivity contribution in [1.82, 2.24) is 0 Å². The van der Waals surface area contributed by atoms with Gasteiger partial charge < -0.3 is 10.5 Å². The lowest BCUT2D eigenvalue weighted by Crippen LogP contribution is -2.46. The van der Waals surface area contributed by atoms with Crippen LogP contribution in [0.25, 0.3) is 0 Å². The number of hydrogen-bond donors (Lipinski definition) is 1. The summed E-state index contributed by atoms with van der Waals surface area (Å²) in [7, 11) is 0. The van der Waals surface area contributed by atoms with Crippen LogP contribution in [0, 0.1) is 5.41 Å². The highest BCUT2D eigenvalue weighted by Gasteiger charge is 2.44. The van der Waals surface area contributed by atoms with Crippen molar-refractivity contribution >= 4 is 5.97 Å². The highest BCUT2D eigenvalue weighted by atomic mass is 16.5. The predicted octanol–water partition coefficient (Wildman–Crippen LogP) is 1.46. The van der Waals surface area contributed by atoms with Gasteiger partial charge in [0.25, 0.3) is 0 Å². The molecule has 1 rings (SSSR count). The maximum Gasteiger partial charge on any atom is 0.313 e. The molecule has 0 saturated heterocycles. The van der Waals surface area contributed by atoms with Gasteiger partial charge in [0.05, 0.1) is 11.5 Å². The summed E-state index contributed by atoms with van der Waals surface area (Å²) in [6, 6.07) is 0. The summed E-state index contributed by atoms with van der Waals surface area (Å²) >= 11 is 0. The van der Waals surface area contributed by atoms with E-state index in [-0.39, 0.29) is 17.5 Å². The lowest BCUT2D eigenvalue weighted by molar-refractivity contribution is -0.165. The molecular formula is C10H19NO2. The summed E-state index contributed by atoms with van der Waals surface area (Å²) in [4.78, 5) is 11.6. The van der Waals surface area contributed by atoms with Crippen LogP contribution in [0.15, 0.2) is 0 Å². The minimum Gasteiger partial charge on any atom is -0.462 e. The van der Waals surface area contributed by atoms with E-state index in [0.717, 1.165) is 25.7 Å². The van der Waals surface area contributed by atoms with Crippen LogP contribution in [0.3, 0.4) is 0 Å². The van der Waals surface area contributed by atoms with Crippen molar-refractivity contribution in [3.8, 4) is 0 Å². The summed E-state index contributed by atoms with van der Waals surface area (Å²) < 4.78 is 5.28. The van der Waals surface area contributed by atoms with Crippen LogP contribution in [-0.4, -0.2) is 18.6 Å². The first-order chi connectivity index (χ1) is 6.14. The zero-order valence-corrected chi connectivity index (χ0v) is 8.51. The Morgan fingerprint density at radius 1 is 1.62 bits per heavy atom.